The monoisotopic (exact) mass is 579 g/mol. The molecule has 1 saturated heterocycles. The number of cyclic esters (lactones) is 1. The Morgan fingerprint density at radius 2 is 2.12 bits per heavy atom. The molecule has 8 nitrogen and oxygen atoms in total. The van der Waals surface area contributed by atoms with Gasteiger partial charge in [0.2, 0.25) is 5.91 Å². The van der Waals surface area contributed by atoms with Crippen molar-refractivity contribution >= 4 is 23.5 Å². The van der Waals surface area contributed by atoms with Gasteiger partial charge in [0.1, 0.15) is 11.9 Å². The molecule has 0 aromatic rings. The highest BCUT2D eigenvalue weighted by molar-refractivity contribution is 6.25. The molecule has 0 bridgehead atoms. The number of amides is 1. The summed E-state index contributed by atoms with van der Waals surface area (Å²) in [5, 5.41) is 14.2. The fourth-order valence-electron chi connectivity index (χ4n) is 5.08. The Morgan fingerprint density at radius 1 is 1.35 bits per heavy atom. The fourth-order valence-corrected chi connectivity index (χ4v) is 5.30. The summed E-state index contributed by atoms with van der Waals surface area (Å²) in [5.74, 6) is 0.940. The smallest absolute Gasteiger partial charge is 0.334 e. The van der Waals surface area contributed by atoms with Crippen molar-refractivity contribution in [2.75, 3.05) is 20.8 Å². The van der Waals surface area contributed by atoms with Crippen LogP contribution in [0.2, 0.25) is 0 Å². The number of hydrogen-bond donors (Lipinski definition) is 2. The van der Waals surface area contributed by atoms with E-state index in [1.807, 2.05) is 13.0 Å². The molecule has 1 amide bonds. The largest absolute Gasteiger partial charge is 0.501 e. The molecule has 0 spiro atoms. The van der Waals surface area contributed by atoms with Crippen LogP contribution < -0.4 is 5.32 Å². The molecule has 0 aromatic carbocycles. The van der Waals surface area contributed by atoms with Gasteiger partial charge < -0.3 is 29.4 Å². The number of halogens is 1. The Bertz CT molecular complexity index is 956. The molecular weight excluding hydrogens is 534 g/mol. The molecule has 9 heteroatoms. The second-order valence-corrected chi connectivity index (χ2v) is 11.0. The van der Waals surface area contributed by atoms with E-state index < -0.39 is 24.0 Å². The minimum atomic E-state index is -1.62. The third-order valence-electron chi connectivity index (χ3n) is 7.65. The third-order valence-corrected chi connectivity index (χ3v) is 7.96. The van der Waals surface area contributed by atoms with Crippen LogP contribution in [0.25, 0.3) is 0 Å². The first-order valence-electron chi connectivity index (χ1n) is 14.2. The number of carbonyl (C=O) groups is 2. The van der Waals surface area contributed by atoms with E-state index in [0.717, 1.165) is 32.1 Å². The van der Waals surface area contributed by atoms with Gasteiger partial charge in [-0.2, -0.15) is 0 Å². The van der Waals surface area contributed by atoms with Crippen LogP contribution in [-0.4, -0.2) is 61.8 Å². The maximum absolute atomic E-state index is 12.6. The number of nitrogens with one attached hydrogen (secondary N) is 1. The first-order valence-corrected chi connectivity index (χ1v) is 14.6. The average Bonchev–Trinajstić information content (AvgIpc) is 2.93. The Hall–Kier alpha value is -2.31. The van der Waals surface area contributed by atoms with Crippen molar-refractivity contribution in [2.45, 2.75) is 102 Å². The molecule has 5 unspecified atom stereocenters. The summed E-state index contributed by atoms with van der Waals surface area (Å²) in [6, 6.07) is 0. The molecular formula is C31H46ClNO7. The van der Waals surface area contributed by atoms with Crippen LogP contribution in [0, 0.1) is 24.2 Å². The van der Waals surface area contributed by atoms with Gasteiger partial charge in [0.05, 0.1) is 31.9 Å². The number of ether oxygens (including phenoxy) is 4. The van der Waals surface area contributed by atoms with Crippen molar-refractivity contribution in [3.63, 3.8) is 0 Å². The number of hydrogen-bond acceptors (Lipinski definition) is 7. The summed E-state index contributed by atoms with van der Waals surface area (Å²) in [6.45, 7) is 3.92. The van der Waals surface area contributed by atoms with Gasteiger partial charge >= 0.3 is 5.97 Å². The van der Waals surface area contributed by atoms with Gasteiger partial charge in [0.15, 0.2) is 5.79 Å². The number of rotatable bonds is 16. The Kier molecular flexibility index (Phi) is 14.8. The van der Waals surface area contributed by atoms with Gasteiger partial charge in [-0.25, -0.2) is 4.79 Å². The molecule has 40 heavy (non-hydrogen) atoms. The summed E-state index contributed by atoms with van der Waals surface area (Å²) < 4.78 is 22.4. The number of aliphatic hydroxyl groups is 1. The summed E-state index contributed by atoms with van der Waals surface area (Å²) in [5.41, 5.74) is 2.88. The summed E-state index contributed by atoms with van der Waals surface area (Å²) in [6.07, 6.45) is 16.4. The van der Waals surface area contributed by atoms with Crippen molar-refractivity contribution < 1.29 is 33.6 Å². The molecule has 6 atom stereocenters. The van der Waals surface area contributed by atoms with Gasteiger partial charge in [0.25, 0.3) is 0 Å². The van der Waals surface area contributed by atoms with E-state index in [4.69, 9.17) is 37.0 Å². The van der Waals surface area contributed by atoms with Crippen molar-refractivity contribution in [3.8, 4) is 12.3 Å². The SMILES string of the molecule is C#CCCCC(=CCl)CC[C@@H](C)C=CCCC(=O)NCC1(O)OC(CC2CC(OC)=CC(=O)O2)CC(OC)C1C. The van der Waals surface area contributed by atoms with Crippen LogP contribution in [0.1, 0.15) is 78.1 Å². The van der Waals surface area contributed by atoms with Gasteiger partial charge in [-0.05, 0) is 38.0 Å². The first kappa shape index (κ1) is 33.9. The van der Waals surface area contributed by atoms with Crippen LogP contribution in [-0.2, 0) is 28.5 Å². The molecule has 2 N–H and O–H groups in total. The molecule has 1 fully saturated rings. The van der Waals surface area contributed by atoms with E-state index in [-0.39, 0.29) is 24.5 Å². The maximum atomic E-state index is 12.6. The standard InChI is InChI=1S/C31H46ClNO7/c1-6-7-8-12-24(20-32)15-14-22(2)11-9-10-13-29(34)33-21-31(36)23(3)28(38-5)18-27(40-31)17-26-16-25(37-4)19-30(35)39-26/h1,9,11,19-20,22-23,26-28,36H,7-8,10,12-18,21H2,2-5H3,(H,33,34)/t22-,23?,26?,27?,28?,31?/m0/s1. The molecule has 0 aliphatic carbocycles. The zero-order valence-corrected chi connectivity index (χ0v) is 25.1. The highest BCUT2D eigenvalue weighted by Gasteiger charge is 2.47. The lowest BCUT2D eigenvalue weighted by atomic mass is 9.85. The van der Waals surface area contributed by atoms with Gasteiger partial charge in [0, 0.05) is 50.7 Å². The van der Waals surface area contributed by atoms with E-state index in [1.165, 1.54) is 18.8 Å². The Balaban J connectivity index is 1.80. The van der Waals surface area contributed by atoms with Crippen molar-refractivity contribution in [2.24, 2.45) is 11.8 Å². The predicted octanol–water partition coefficient (Wildman–Crippen LogP) is 5.15. The maximum Gasteiger partial charge on any atom is 0.334 e. The minimum absolute atomic E-state index is 0.0651. The average molecular weight is 580 g/mol. The quantitative estimate of drug-likeness (QED) is 0.113. The van der Waals surface area contributed by atoms with Crippen molar-refractivity contribution in [1.82, 2.24) is 5.32 Å². The number of unbranched alkanes of at least 4 members (excludes halogenated alkanes) is 1. The molecule has 2 rings (SSSR count). The van der Waals surface area contributed by atoms with E-state index in [0.29, 0.717) is 43.8 Å². The van der Waals surface area contributed by atoms with Crippen molar-refractivity contribution in [1.29, 1.82) is 0 Å². The molecule has 2 aliphatic heterocycles. The molecule has 0 saturated carbocycles. The molecule has 2 heterocycles. The zero-order chi connectivity index (χ0) is 29.5. The summed E-state index contributed by atoms with van der Waals surface area (Å²) >= 11 is 5.95. The lowest BCUT2D eigenvalue weighted by Gasteiger charge is -2.46. The second kappa shape index (κ2) is 17.5. The van der Waals surface area contributed by atoms with Crippen LogP contribution in [0.3, 0.4) is 0 Å². The zero-order valence-electron chi connectivity index (χ0n) is 24.3. The van der Waals surface area contributed by atoms with Gasteiger partial charge in [-0.15, -0.1) is 12.3 Å². The molecule has 0 radical (unpaired) electrons. The predicted molar refractivity (Wildman–Crippen MR) is 155 cm³/mol. The lowest BCUT2D eigenvalue weighted by Crippen LogP contribution is -2.59. The number of methoxy groups -OCH3 is 2. The second-order valence-electron chi connectivity index (χ2n) is 10.8. The van der Waals surface area contributed by atoms with E-state index >= 15 is 0 Å². The van der Waals surface area contributed by atoms with Gasteiger partial charge in [-0.3, -0.25) is 4.79 Å². The molecule has 2 aliphatic rings. The van der Waals surface area contributed by atoms with Crippen molar-refractivity contribution in [3.05, 3.63) is 35.1 Å². The number of esters is 1. The fraction of sp³-hybridized carbons (Fsp3) is 0.677. The highest BCUT2D eigenvalue weighted by Crippen LogP contribution is 2.36. The topological polar surface area (TPSA) is 103 Å². The highest BCUT2D eigenvalue weighted by atomic mass is 35.5. The number of allylic oxidation sites excluding steroid dienone is 3. The van der Waals surface area contributed by atoms with Crippen LogP contribution >= 0.6 is 11.6 Å². The van der Waals surface area contributed by atoms with Crippen LogP contribution in [0.15, 0.2) is 35.1 Å². The van der Waals surface area contributed by atoms with Crippen LogP contribution in [0.5, 0.6) is 0 Å². The number of terminal acetylenes is 1. The van der Waals surface area contributed by atoms with Gasteiger partial charge in [-0.1, -0.05) is 43.2 Å². The van der Waals surface area contributed by atoms with E-state index in [9.17, 15) is 14.7 Å². The normalized spacial score (nSPS) is 28.0. The first-order chi connectivity index (χ1) is 19.1. The minimum Gasteiger partial charge on any atom is -0.501 e. The molecule has 224 valence electrons. The lowest BCUT2D eigenvalue weighted by molar-refractivity contribution is -0.303. The summed E-state index contributed by atoms with van der Waals surface area (Å²) in [4.78, 5) is 24.4. The third kappa shape index (κ3) is 11.3. The van der Waals surface area contributed by atoms with Crippen LogP contribution in [0.4, 0.5) is 0 Å². The van der Waals surface area contributed by atoms with E-state index in [2.05, 4.69) is 24.2 Å². The summed E-state index contributed by atoms with van der Waals surface area (Å²) in [7, 11) is 3.11. The molecule has 0 aromatic heterocycles. The number of carbonyl (C=O) groups excluding carboxylic acids is 2. The Morgan fingerprint density at radius 3 is 2.80 bits per heavy atom. The Labute approximate surface area is 244 Å². The van der Waals surface area contributed by atoms with E-state index in [1.54, 1.807) is 12.6 Å².